The molecule has 4 aromatic rings. The van der Waals surface area contributed by atoms with Gasteiger partial charge in [0.1, 0.15) is 0 Å². The fraction of sp³-hybridized carbons (Fsp3) is 0.270. The zero-order chi connectivity index (χ0) is 30.1. The molecule has 3 aliphatic rings. The summed E-state index contributed by atoms with van der Waals surface area (Å²) in [6, 6.07) is 26.0. The van der Waals surface area contributed by atoms with Crippen molar-refractivity contribution < 1.29 is 14.5 Å². The average molecular weight is 570 g/mol. The first kappa shape index (κ1) is 27.1. The molecular formula is C37H35N3O3. The third-order valence-electron chi connectivity index (χ3n) is 9.17. The van der Waals surface area contributed by atoms with Gasteiger partial charge in [0.25, 0.3) is 11.6 Å². The van der Waals surface area contributed by atoms with E-state index in [2.05, 4.69) is 65.8 Å². The van der Waals surface area contributed by atoms with Gasteiger partial charge in [-0.3, -0.25) is 9.69 Å². The van der Waals surface area contributed by atoms with E-state index in [1.54, 1.807) is 4.90 Å². The van der Waals surface area contributed by atoms with Crippen LogP contribution in [0.1, 0.15) is 73.3 Å². The van der Waals surface area contributed by atoms with E-state index < -0.39 is 11.3 Å². The average Bonchev–Trinajstić information content (AvgIpc) is 3.65. The van der Waals surface area contributed by atoms with Gasteiger partial charge in [-0.15, -0.1) is 0 Å². The predicted molar refractivity (Wildman–Crippen MR) is 170 cm³/mol. The van der Waals surface area contributed by atoms with E-state index >= 15 is 0 Å². The summed E-state index contributed by atoms with van der Waals surface area (Å²) in [4.78, 5) is 29.6. The van der Waals surface area contributed by atoms with Crippen molar-refractivity contribution in [2.45, 2.75) is 65.7 Å². The van der Waals surface area contributed by atoms with E-state index in [0.717, 1.165) is 56.1 Å². The molecule has 1 amide bonds. The number of fused-ring (bicyclic) bond motifs is 3. The van der Waals surface area contributed by atoms with Crippen molar-refractivity contribution in [3.63, 3.8) is 0 Å². The van der Waals surface area contributed by atoms with Crippen molar-refractivity contribution in [2.24, 2.45) is 10.3 Å². The largest absolute Gasteiger partial charge is 0.377 e. The highest BCUT2D eigenvalue weighted by atomic mass is 16.7. The number of benzene rings is 4. The van der Waals surface area contributed by atoms with Crippen LogP contribution in [0.2, 0.25) is 0 Å². The number of anilines is 1. The van der Waals surface area contributed by atoms with E-state index in [4.69, 9.17) is 20.0 Å². The summed E-state index contributed by atoms with van der Waals surface area (Å²) in [6.45, 7) is 12.6. The van der Waals surface area contributed by atoms with Crippen LogP contribution in [0.5, 0.6) is 0 Å². The number of hydrogen-bond acceptors (Lipinski definition) is 5. The number of hydrogen-bond donors (Lipinski definition) is 0. The van der Waals surface area contributed by atoms with Gasteiger partial charge < -0.3 is 9.68 Å². The minimum Gasteiger partial charge on any atom is -0.377 e. The zero-order valence-corrected chi connectivity index (χ0v) is 25.5. The van der Waals surface area contributed by atoms with Crippen LogP contribution in [0.25, 0.3) is 0 Å². The van der Waals surface area contributed by atoms with E-state index in [-0.39, 0.29) is 5.91 Å². The summed E-state index contributed by atoms with van der Waals surface area (Å²) in [5, 5.41) is 9.53. The molecule has 6 heteroatoms. The van der Waals surface area contributed by atoms with Crippen LogP contribution >= 0.6 is 0 Å². The Bertz CT molecular complexity index is 1830. The molecule has 4 aromatic carbocycles. The highest BCUT2D eigenvalue weighted by Gasteiger charge is 2.73. The topological polar surface area (TPSA) is 63.5 Å². The van der Waals surface area contributed by atoms with Gasteiger partial charge in [0.2, 0.25) is 5.60 Å². The molecule has 0 N–H and O–H groups in total. The highest BCUT2D eigenvalue weighted by molar-refractivity contribution is 6.13. The summed E-state index contributed by atoms with van der Waals surface area (Å²) in [7, 11) is 0. The van der Waals surface area contributed by atoms with Gasteiger partial charge in [0, 0.05) is 28.7 Å². The molecule has 0 saturated carbocycles. The lowest BCUT2D eigenvalue weighted by molar-refractivity contribution is -0.180. The van der Waals surface area contributed by atoms with Crippen LogP contribution in [0.4, 0.5) is 5.69 Å². The first-order chi connectivity index (χ1) is 20.6. The van der Waals surface area contributed by atoms with Gasteiger partial charge in [-0.2, -0.15) is 0 Å². The minimum absolute atomic E-state index is 0.168. The summed E-state index contributed by atoms with van der Waals surface area (Å²) in [6.07, 6.45) is 0.779. The molecular weight excluding hydrogens is 534 g/mol. The van der Waals surface area contributed by atoms with E-state index in [0.29, 0.717) is 18.4 Å². The summed E-state index contributed by atoms with van der Waals surface area (Å²) < 4.78 is 0. The molecule has 43 heavy (non-hydrogen) atoms. The summed E-state index contributed by atoms with van der Waals surface area (Å²) in [5.41, 5.74) is 10.5. The molecule has 6 nitrogen and oxygen atoms in total. The molecule has 2 spiro atoms. The van der Waals surface area contributed by atoms with Gasteiger partial charge in [0.15, 0.2) is 0 Å². The third kappa shape index (κ3) is 3.89. The Balaban J connectivity index is 1.41. The standard InChI is InChI=1S/C37H35N3O3/c1-22-16-24(3)33(25(4)17-22)30-20-36(42-38-30)29-14-10-11-15-32(29)40(35(41)28-12-8-7-9-13-28)37(36)21-31(39-43-37)34-26(5)18-23(2)19-27(34)6/h7-19H,20-21H2,1-6H3/t36-,37+/m0/s1. The van der Waals surface area contributed by atoms with E-state index in [9.17, 15) is 4.79 Å². The van der Waals surface area contributed by atoms with Crippen LogP contribution in [-0.4, -0.2) is 23.1 Å². The van der Waals surface area contributed by atoms with Crippen molar-refractivity contribution >= 4 is 23.0 Å². The van der Waals surface area contributed by atoms with Crippen molar-refractivity contribution in [1.82, 2.24) is 0 Å². The van der Waals surface area contributed by atoms with Crippen molar-refractivity contribution in [3.05, 3.63) is 134 Å². The van der Waals surface area contributed by atoms with Gasteiger partial charge in [-0.1, -0.05) is 82.1 Å². The number of para-hydroxylation sites is 1. The first-order valence-corrected chi connectivity index (χ1v) is 14.8. The molecule has 3 heterocycles. The van der Waals surface area contributed by atoms with Gasteiger partial charge in [-0.05, 0) is 82.0 Å². The Morgan fingerprint density at radius 1 is 0.674 bits per heavy atom. The Labute approximate surface area is 252 Å². The fourth-order valence-corrected chi connectivity index (χ4v) is 7.66. The van der Waals surface area contributed by atoms with Crippen LogP contribution < -0.4 is 4.90 Å². The second-order valence-electron chi connectivity index (χ2n) is 12.3. The number of rotatable bonds is 3. The molecule has 2 atom stereocenters. The fourth-order valence-electron chi connectivity index (χ4n) is 7.66. The molecule has 0 saturated heterocycles. The van der Waals surface area contributed by atoms with Crippen LogP contribution in [-0.2, 0) is 15.3 Å². The van der Waals surface area contributed by atoms with E-state index in [1.165, 1.54) is 11.1 Å². The lowest BCUT2D eigenvalue weighted by Gasteiger charge is -2.40. The summed E-state index contributed by atoms with van der Waals surface area (Å²) in [5.74, 6) is -0.168. The van der Waals surface area contributed by atoms with Crippen molar-refractivity contribution in [1.29, 1.82) is 0 Å². The predicted octanol–water partition coefficient (Wildman–Crippen LogP) is 7.74. The van der Waals surface area contributed by atoms with Crippen LogP contribution in [0.3, 0.4) is 0 Å². The number of carbonyl (C=O) groups is 1. The van der Waals surface area contributed by atoms with Gasteiger partial charge >= 0.3 is 0 Å². The highest BCUT2D eigenvalue weighted by Crippen LogP contribution is 2.61. The molecule has 0 unspecified atom stereocenters. The lowest BCUT2D eigenvalue weighted by atomic mass is 9.77. The molecule has 0 bridgehead atoms. The molecule has 0 fully saturated rings. The number of aryl methyl sites for hydroxylation is 6. The number of amides is 1. The third-order valence-corrected chi connectivity index (χ3v) is 9.17. The van der Waals surface area contributed by atoms with Gasteiger partial charge in [-0.25, -0.2) is 0 Å². The number of nitrogens with zero attached hydrogens (tertiary/aromatic N) is 3. The maximum absolute atomic E-state index is 14.5. The van der Waals surface area contributed by atoms with E-state index in [1.807, 2.05) is 54.6 Å². The molecule has 0 aliphatic carbocycles. The maximum Gasteiger partial charge on any atom is 0.269 e. The Morgan fingerprint density at radius 2 is 1.19 bits per heavy atom. The maximum atomic E-state index is 14.5. The lowest BCUT2D eigenvalue weighted by Crippen LogP contribution is -2.60. The van der Waals surface area contributed by atoms with Gasteiger partial charge in [0.05, 0.1) is 23.5 Å². The SMILES string of the molecule is Cc1cc(C)c(C2=NO[C@@]3(C2)c2ccccc2N(C(=O)c2ccccc2)[C@@]32CC(c3c(C)cc(C)cc3C)=NO2)c(C)c1. The Hall–Kier alpha value is -4.71. The number of oxime groups is 2. The number of carbonyl (C=O) groups excluding carboxylic acids is 1. The van der Waals surface area contributed by atoms with Crippen LogP contribution in [0.15, 0.2) is 89.2 Å². The Morgan fingerprint density at radius 3 is 1.79 bits per heavy atom. The molecule has 7 rings (SSSR count). The monoisotopic (exact) mass is 569 g/mol. The minimum atomic E-state index is -1.29. The van der Waals surface area contributed by atoms with Crippen LogP contribution in [0, 0.1) is 41.5 Å². The van der Waals surface area contributed by atoms with Crippen molar-refractivity contribution in [2.75, 3.05) is 4.90 Å². The quantitative estimate of drug-likeness (QED) is 0.254. The summed E-state index contributed by atoms with van der Waals surface area (Å²) >= 11 is 0. The normalized spacial score (nSPS) is 22.0. The second-order valence-corrected chi connectivity index (χ2v) is 12.3. The molecule has 0 radical (unpaired) electrons. The molecule has 3 aliphatic heterocycles. The first-order valence-electron chi connectivity index (χ1n) is 14.8. The second kappa shape index (κ2) is 9.66. The molecule has 0 aromatic heterocycles. The molecule has 216 valence electrons. The zero-order valence-electron chi connectivity index (χ0n) is 25.5. The Kier molecular flexibility index (Phi) is 6.10. The smallest absolute Gasteiger partial charge is 0.269 e. The van der Waals surface area contributed by atoms with Crippen molar-refractivity contribution in [3.8, 4) is 0 Å².